The zero-order chi connectivity index (χ0) is 17.9. The minimum atomic E-state index is -0.356. The molecule has 1 unspecified atom stereocenters. The highest BCUT2D eigenvalue weighted by atomic mass is 16.3. The zero-order valence-corrected chi connectivity index (χ0v) is 14.6. The Morgan fingerprint density at radius 1 is 1.46 bits per heavy atom. The second-order valence-corrected chi connectivity index (χ2v) is 6.92. The Kier molecular flexibility index (Phi) is 5.32. The zero-order valence-electron chi connectivity index (χ0n) is 14.6. The van der Waals surface area contributed by atoms with Crippen LogP contribution >= 0.6 is 0 Å². The smallest absolute Gasteiger partial charge is 0.257 e. The second kappa shape index (κ2) is 7.07. The van der Waals surface area contributed by atoms with Gasteiger partial charge in [-0.05, 0) is 49.0 Å². The van der Waals surface area contributed by atoms with Gasteiger partial charge in [0.25, 0.3) is 5.91 Å². The number of carbonyl (C=O) groups is 2. The fourth-order valence-corrected chi connectivity index (χ4v) is 3.19. The average molecular weight is 330 g/mol. The molecule has 1 aliphatic heterocycles. The van der Waals surface area contributed by atoms with E-state index >= 15 is 0 Å². The van der Waals surface area contributed by atoms with Gasteiger partial charge in [-0.25, -0.2) is 0 Å². The summed E-state index contributed by atoms with van der Waals surface area (Å²) in [6.45, 7) is 10.6. The van der Waals surface area contributed by atoms with Gasteiger partial charge in [-0.15, -0.1) is 0 Å². The number of phenols is 1. The minimum absolute atomic E-state index is 0.0243. The number of phenolic OH excluding ortho intramolecular Hbond substituents is 1. The van der Waals surface area contributed by atoms with E-state index in [1.807, 2.05) is 4.90 Å². The number of benzene rings is 1. The van der Waals surface area contributed by atoms with Crippen molar-refractivity contribution in [1.29, 1.82) is 0 Å². The maximum atomic E-state index is 13.0. The van der Waals surface area contributed by atoms with E-state index in [-0.39, 0.29) is 34.6 Å². The van der Waals surface area contributed by atoms with Crippen molar-refractivity contribution in [2.24, 2.45) is 5.41 Å². The van der Waals surface area contributed by atoms with Gasteiger partial charge in [-0.3, -0.25) is 9.59 Å². The molecule has 2 amide bonds. The number of rotatable bonds is 5. The Morgan fingerprint density at radius 3 is 2.79 bits per heavy atom. The standard InChI is InChI=1S/C19H26N2O3/c1-5-17(23)20-13-9-10-15(22)14(12-13)18(24)21-11-7-8-16(21)19(3,4)6-2/h5,9-10,12,16,22H,1,6-8,11H2,2-4H3,(H,20,23). The van der Waals surface area contributed by atoms with Gasteiger partial charge < -0.3 is 15.3 Å². The van der Waals surface area contributed by atoms with Crippen LogP contribution in [0.2, 0.25) is 0 Å². The number of hydrogen-bond donors (Lipinski definition) is 2. The molecule has 1 atom stereocenters. The first-order chi connectivity index (χ1) is 11.3. The maximum absolute atomic E-state index is 13.0. The molecule has 0 radical (unpaired) electrons. The quantitative estimate of drug-likeness (QED) is 0.640. The molecule has 2 N–H and O–H groups in total. The second-order valence-electron chi connectivity index (χ2n) is 6.92. The largest absolute Gasteiger partial charge is 0.507 e. The third-order valence-electron chi connectivity index (χ3n) is 5.01. The van der Waals surface area contributed by atoms with Crippen LogP contribution in [0.25, 0.3) is 0 Å². The summed E-state index contributed by atoms with van der Waals surface area (Å²) in [6, 6.07) is 4.67. The number of carbonyl (C=O) groups excluding carboxylic acids is 2. The molecule has 0 aromatic heterocycles. The Labute approximate surface area is 143 Å². The maximum Gasteiger partial charge on any atom is 0.257 e. The number of aromatic hydroxyl groups is 1. The molecular formula is C19H26N2O3. The van der Waals surface area contributed by atoms with Crippen LogP contribution in [0.1, 0.15) is 50.4 Å². The predicted molar refractivity (Wildman–Crippen MR) is 95.1 cm³/mol. The van der Waals surface area contributed by atoms with Gasteiger partial charge in [0.1, 0.15) is 5.75 Å². The molecule has 5 heteroatoms. The van der Waals surface area contributed by atoms with Gasteiger partial charge in [-0.2, -0.15) is 0 Å². The van der Waals surface area contributed by atoms with Crippen molar-refractivity contribution in [3.63, 3.8) is 0 Å². The lowest BCUT2D eigenvalue weighted by Crippen LogP contribution is -2.44. The predicted octanol–water partition coefficient (Wildman–Crippen LogP) is 3.56. The fraction of sp³-hybridized carbons (Fsp3) is 0.474. The van der Waals surface area contributed by atoms with Gasteiger partial charge >= 0.3 is 0 Å². The Balaban J connectivity index is 2.30. The lowest BCUT2D eigenvalue weighted by atomic mass is 9.80. The highest BCUT2D eigenvalue weighted by Crippen LogP contribution is 2.37. The molecule has 5 nitrogen and oxygen atoms in total. The van der Waals surface area contributed by atoms with E-state index in [9.17, 15) is 14.7 Å². The van der Waals surface area contributed by atoms with Crippen LogP contribution in [0.15, 0.2) is 30.9 Å². The summed E-state index contributed by atoms with van der Waals surface area (Å²) in [4.78, 5) is 26.3. The molecule has 0 aliphatic carbocycles. The van der Waals surface area contributed by atoms with Crippen LogP contribution in [0.5, 0.6) is 5.75 Å². The van der Waals surface area contributed by atoms with Crippen molar-refractivity contribution in [1.82, 2.24) is 4.90 Å². The van der Waals surface area contributed by atoms with Crippen molar-refractivity contribution >= 4 is 17.5 Å². The number of amides is 2. The molecule has 130 valence electrons. The summed E-state index contributed by atoms with van der Waals surface area (Å²) >= 11 is 0. The summed E-state index contributed by atoms with van der Waals surface area (Å²) in [6.07, 6.45) is 4.07. The van der Waals surface area contributed by atoms with Crippen LogP contribution in [-0.2, 0) is 4.79 Å². The molecule has 1 aromatic rings. The molecule has 0 bridgehead atoms. The lowest BCUT2D eigenvalue weighted by molar-refractivity contribution is -0.111. The van der Waals surface area contributed by atoms with Crippen LogP contribution in [0.4, 0.5) is 5.69 Å². The Bertz CT molecular complexity index is 652. The summed E-state index contributed by atoms with van der Waals surface area (Å²) in [5, 5.41) is 12.7. The molecule has 0 spiro atoms. The molecular weight excluding hydrogens is 304 g/mol. The van der Waals surface area contributed by atoms with Gasteiger partial charge in [0, 0.05) is 18.3 Å². The average Bonchev–Trinajstić information content (AvgIpc) is 3.06. The van der Waals surface area contributed by atoms with E-state index in [1.54, 1.807) is 6.07 Å². The number of anilines is 1. The SMILES string of the molecule is C=CC(=O)Nc1ccc(O)c(C(=O)N2CCCC2C(C)(C)CC)c1. The highest BCUT2D eigenvalue weighted by Gasteiger charge is 2.39. The summed E-state index contributed by atoms with van der Waals surface area (Å²) in [7, 11) is 0. The Morgan fingerprint density at radius 2 is 2.17 bits per heavy atom. The lowest BCUT2D eigenvalue weighted by Gasteiger charge is -2.37. The molecule has 1 aliphatic rings. The topological polar surface area (TPSA) is 69.6 Å². The first kappa shape index (κ1) is 18.0. The van der Waals surface area contributed by atoms with E-state index in [1.165, 1.54) is 12.1 Å². The molecule has 1 aromatic carbocycles. The summed E-state index contributed by atoms with van der Waals surface area (Å²) in [5.74, 6) is -0.618. The van der Waals surface area contributed by atoms with E-state index in [4.69, 9.17) is 0 Å². The molecule has 1 heterocycles. The van der Waals surface area contributed by atoms with E-state index in [0.717, 1.165) is 25.3 Å². The van der Waals surface area contributed by atoms with Crippen molar-refractivity contribution in [3.05, 3.63) is 36.4 Å². The van der Waals surface area contributed by atoms with Gasteiger partial charge in [0.05, 0.1) is 5.56 Å². The van der Waals surface area contributed by atoms with Gasteiger partial charge in [0.2, 0.25) is 5.91 Å². The normalized spacial score (nSPS) is 17.6. The Hall–Kier alpha value is -2.30. The van der Waals surface area contributed by atoms with E-state index in [0.29, 0.717) is 12.2 Å². The highest BCUT2D eigenvalue weighted by molar-refractivity contribution is 6.02. The molecule has 24 heavy (non-hydrogen) atoms. The molecule has 1 fully saturated rings. The van der Waals surface area contributed by atoms with Gasteiger partial charge in [0.15, 0.2) is 0 Å². The van der Waals surface area contributed by atoms with Crippen LogP contribution in [-0.4, -0.2) is 34.4 Å². The van der Waals surface area contributed by atoms with Crippen molar-refractivity contribution in [3.8, 4) is 5.75 Å². The summed E-state index contributed by atoms with van der Waals surface area (Å²) in [5.41, 5.74) is 0.707. The minimum Gasteiger partial charge on any atom is -0.507 e. The van der Waals surface area contributed by atoms with Crippen molar-refractivity contribution in [2.45, 2.75) is 46.1 Å². The van der Waals surface area contributed by atoms with Gasteiger partial charge in [-0.1, -0.05) is 27.4 Å². The van der Waals surface area contributed by atoms with Crippen molar-refractivity contribution in [2.75, 3.05) is 11.9 Å². The molecule has 1 saturated heterocycles. The van der Waals surface area contributed by atoms with Crippen LogP contribution in [0, 0.1) is 5.41 Å². The first-order valence-corrected chi connectivity index (χ1v) is 8.37. The third-order valence-corrected chi connectivity index (χ3v) is 5.01. The van der Waals surface area contributed by atoms with E-state index < -0.39 is 0 Å². The van der Waals surface area contributed by atoms with Crippen molar-refractivity contribution < 1.29 is 14.7 Å². The molecule has 0 saturated carbocycles. The number of hydrogen-bond acceptors (Lipinski definition) is 3. The number of nitrogens with one attached hydrogen (secondary N) is 1. The van der Waals surface area contributed by atoms with E-state index in [2.05, 4.69) is 32.7 Å². The summed E-state index contributed by atoms with van der Waals surface area (Å²) < 4.78 is 0. The third kappa shape index (κ3) is 3.61. The first-order valence-electron chi connectivity index (χ1n) is 8.37. The monoisotopic (exact) mass is 330 g/mol. The molecule has 2 rings (SSSR count). The van der Waals surface area contributed by atoms with Crippen LogP contribution < -0.4 is 5.32 Å². The van der Waals surface area contributed by atoms with Crippen LogP contribution in [0.3, 0.4) is 0 Å². The fourth-order valence-electron chi connectivity index (χ4n) is 3.19. The number of nitrogens with zero attached hydrogens (tertiary/aromatic N) is 1. The number of likely N-dealkylation sites (tertiary alicyclic amines) is 1.